The molecule has 4 rings (SSSR count). The third-order valence-corrected chi connectivity index (χ3v) is 5.37. The van der Waals surface area contributed by atoms with Gasteiger partial charge >= 0.3 is 0 Å². The Bertz CT molecular complexity index is 803. The molecule has 1 amide bonds. The second-order valence-electron chi connectivity index (χ2n) is 7.19. The Kier molecular flexibility index (Phi) is 5.03. The normalized spacial score (nSPS) is 22.4. The molecule has 2 aliphatic rings. The number of carbonyl (C=O) groups excluding carboxylic acids is 1. The summed E-state index contributed by atoms with van der Waals surface area (Å²) in [5, 5.41) is 0. The van der Waals surface area contributed by atoms with Gasteiger partial charge in [-0.2, -0.15) is 0 Å². The quantitative estimate of drug-likeness (QED) is 0.809. The molecule has 5 nitrogen and oxygen atoms in total. The number of morpholine rings is 1. The van der Waals surface area contributed by atoms with E-state index < -0.39 is 0 Å². The third kappa shape index (κ3) is 3.78. The molecule has 0 spiro atoms. The first-order valence-electron chi connectivity index (χ1n) is 9.41. The average molecular weight is 367 g/mol. The van der Waals surface area contributed by atoms with Crippen molar-refractivity contribution in [2.24, 2.45) is 5.92 Å². The Balaban J connectivity index is 1.60. The Labute approximate surface area is 159 Å². The highest BCUT2D eigenvalue weighted by Crippen LogP contribution is 2.40. The van der Waals surface area contributed by atoms with Crippen molar-refractivity contribution in [3.8, 4) is 11.5 Å². The predicted octanol–water partition coefficient (Wildman–Crippen LogP) is 3.70. The van der Waals surface area contributed by atoms with E-state index in [2.05, 4.69) is 12.1 Å². The van der Waals surface area contributed by atoms with Crippen molar-refractivity contribution in [3.05, 3.63) is 59.7 Å². The molecule has 2 atom stereocenters. The molecule has 0 N–H and O–H groups in total. The zero-order valence-electron chi connectivity index (χ0n) is 15.8. The fraction of sp³-hybridized carbons (Fsp3) is 0.409. The molecular formula is C22H25NO4. The number of methoxy groups -OCH3 is 2. The van der Waals surface area contributed by atoms with Gasteiger partial charge in [0, 0.05) is 12.6 Å². The molecule has 2 fully saturated rings. The van der Waals surface area contributed by atoms with Crippen LogP contribution in [0.2, 0.25) is 0 Å². The number of ether oxygens (including phenoxy) is 3. The Morgan fingerprint density at radius 3 is 2.48 bits per heavy atom. The molecule has 1 aliphatic heterocycles. The van der Waals surface area contributed by atoms with E-state index in [1.807, 2.05) is 23.1 Å². The van der Waals surface area contributed by atoms with Crippen LogP contribution in [-0.4, -0.2) is 44.2 Å². The van der Waals surface area contributed by atoms with Gasteiger partial charge in [-0.05, 0) is 36.5 Å². The standard InChI is InChI=1S/C22H25NO4/c1-25-17-10-11-18(19(12-17)26-2)22(24)23-13-20(15-6-4-3-5-7-15)27-21(14-23)16-8-9-16/h3-7,10-12,16,20-21H,8-9,13-14H2,1-2H3/t20-,21+/m0/s1. The molecule has 2 aromatic rings. The topological polar surface area (TPSA) is 48.0 Å². The largest absolute Gasteiger partial charge is 0.497 e. The molecular weight excluding hydrogens is 342 g/mol. The molecule has 1 heterocycles. The molecule has 0 aromatic heterocycles. The van der Waals surface area contributed by atoms with E-state index in [0.29, 0.717) is 36.1 Å². The number of nitrogens with zero attached hydrogens (tertiary/aromatic N) is 1. The van der Waals surface area contributed by atoms with Crippen LogP contribution in [0.25, 0.3) is 0 Å². The average Bonchev–Trinajstić information content (AvgIpc) is 3.58. The van der Waals surface area contributed by atoms with Crippen LogP contribution in [0.4, 0.5) is 0 Å². The molecule has 1 saturated heterocycles. The minimum Gasteiger partial charge on any atom is -0.497 e. The van der Waals surface area contributed by atoms with Gasteiger partial charge in [0.05, 0.1) is 32.4 Å². The van der Waals surface area contributed by atoms with Crippen LogP contribution in [0, 0.1) is 5.92 Å². The minimum absolute atomic E-state index is 0.0237. The lowest BCUT2D eigenvalue weighted by atomic mass is 10.0. The fourth-order valence-corrected chi connectivity index (χ4v) is 3.68. The van der Waals surface area contributed by atoms with Crippen molar-refractivity contribution in [1.82, 2.24) is 4.90 Å². The van der Waals surface area contributed by atoms with Gasteiger partial charge in [0.25, 0.3) is 5.91 Å². The molecule has 5 heteroatoms. The lowest BCUT2D eigenvalue weighted by molar-refractivity contribution is -0.0864. The van der Waals surface area contributed by atoms with Crippen molar-refractivity contribution in [2.75, 3.05) is 27.3 Å². The van der Waals surface area contributed by atoms with Crippen LogP contribution in [0.3, 0.4) is 0 Å². The van der Waals surface area contributed by atoms with Crippen LogP contribution in [0.15, 0.2) is 48.5 Å². The summed E-state index contributed by atoms with van der Waals surface area (Å²) < 4.78 is 17.0. The lowest BCUT2D eigenvalue weighted by Crippen LogP contribution is -2.47. The summed E-state index contributed by atoms with van der Waals surface area (Å²) in [5.74, 6) is 1.74. The van der Waals surface area contributed by atoms with E-state index in [1.165, 1.54) is 12.8 Å². The first kappa shape index (κ1) is 17.9. The fourth-order valence-electron chi connectivity index (χ4n) is 3.68. The molecule has 142 valence electrons. The zero-order valence-corrected chi connectivity index (χ0v) is 15.8. The van der Waals surface area contributed by atoms with Crippen LogP contribution >= 0.6 is 0 Å². The summed E-state index contributed by atoms with van der Waals surface area (Å²) >= 11 is 0. The minimum atomic E-state index is -0.0984. The monoisotopic (exact) mass is 367 g/mol. The smallest absolute Gasteiger partial charge is 0.257 e. The zero-order chi connectivity index (χ0) is 18.8. The lowest BCUT2D eigenvalue weighted by Gasteiger charge is -2.38. The third-order valence-electron chi connectivity index (χ3n) is 5.37. The molecule has 0 unspecified atom stereocenters. The highest BCUT2D eigenvalue weighted by atomic mass is 16.5. The van der Waals surface area contributed by atoms with Gasteiger partial charge in [-0.3, -0.25) is 4.79 Å². The summed E-state index contributed by atoms with van der Waals surface area (Å²) in [4.78, 5) is 15.2. The van der Waals surface area contributed by atoms with E-state index in [0.717, 1.165) is 5.56 Å². The number of hydrogen-bond donors (Lipinski definition) is 0. The maximum Gasteiger partial charge on any atom is 0.257 e. The van der Waals surface area contributed by atoms with Crippen molar-refractivity contribution in [3.63, 3.8) is 0 Å². The molecule has 1 aliphatic carbocycles. The van der Waals surface area contributed by atoms with E-state index in [1.54, 1.807) is 32.4 Å². The van der Waals surface area contributed by atoms with Crippen LogP contribution in [0.1, 0.15) is 34.9 Å². The van der Waals surface area contributed by atoms with Gasteiger partial charge < -0.3 is 19.1 Å². The van der Waals surface area contributed by atoms with Gasteiger partial charge in [0.15, 0.2) is 0 Å². The van der Waals surface area contributed by atoms with Crippen LogP contribution in [-0.2, 0) is 4.74 Å². The number of benzene rings is 2. The molecule has 2 aromatic carbocycles. The van der Waals surface area contributed by atoms with E-state index in [-0.39, 0.29) is 18.1 Å². The van der Waals surface area contributed by atoms with Gasteiger partial charge in [-0.15, -0.1) is 0 Å². The summed E-state index contributed by atoms with van der Waals surface area (Å²) in [7, 11) is 3.17. The number of carbonyl (C=O) groups is 1. The first-order valence-corrected chi connectivity index (χ1v) is 9.41. The number of amides is 1. The summed E-state index contributed by atoms with van der Waals surface area (Å²) in [6, 6.07) is 15.5. The Hall–Kier alpha value is -2.53. The van der Waals surface area contributed by atoms with E-state index >= 15 is 0 Å². The SMILES string of the molecule is COc1ccc(C(=O)N2C[C@@H](c3ccccc3)O[C@@H](C3CC3)C2)c(OC)c1. The van der Waals surface area contributed by atoms with Crippen molar-refractivity contribution < 1.29 is 19.0 Å². The van der Waals surface area contributed by atoms with Crippen LogP contribution in [0.5, 0.6) is 11.5 Å². The van der Waals surface area contributed by atoms with E-state index in [4.69, 9.17) is 14.2 Å². The first-order chi connectivity index (χ1) is 13.2. The van der Waals surface area contributed by atoms with Gasteiger partial charge in [0.2, 0.25) is 0 Å². The maximum absolute atomic E-state index is 13.3. The summed E-state index contributed by atoms with van der Waals surface area (Å²) in [6.07, 6.45) is 2.36. The van der Waals surface area contributed by atoms with Gasteiger partial charge in [0.1, 0.15) is 17.6 Å². The Morgan fingerprint density at radius 2 is 1.81 bits per heavy atom. The molecule has 27 heavy (non-hydrogen) atoms. The summed E-state index contributed by atoms with van der Waals surface area (Å²) in [5.41, 5.74) is 1.67. The molecule has 0 radical (unpaired) electrons. The van der Waals surface area contributed by atoms with E-state index in [9.17, 15) is 4.79 Å². The molecule has 1 saturated carbocycles. The number of rotatable bonds is 5. The van der Waals surface area contributed by atoms with Crippen molar-refractivity contribution in [2.45, 2.75) is 25.0 Å². The van der Waals surface area contributed by atoms with Crippen molar-refractivity contribution in [1.29, 1.82) is 0 Å². The van der Waals surface area contributed by atoms with Crippen LogP contribution < -0.4 is 9.47 Å². The molecule has 0 bridgehead atoms. The number of hydrogen-bond acceptors (Lipinski definition) is 4. The highest BCUT2D eigenvalue weighted by Gasteiger charge is 2.40. The summed E-state index contributed by atoms with van der Waals surface area (Å²) in [6.45, 7) is 1.17. The predicted molar refractivity (Wildman–Crippen MR) is 102 cm³/mol. The highest BCUT2D eigenvalue weighted by molar-refractivity contribution is 5.97. The van der Waals surface area contributed by atoms with Gasteiger partial charge in [-0.25, -0.2) is 0 Å². The maximum atomic E-state index is 13.3. The van der Waals surface area contributed by atoms with Gasteiger partial charge in [-0.1, -0.05) is 30.3 Å². The van der Waals surface area contributed by atoms with Crippen molar-refractivity contribution >= 4 is 5.91 Å². The Morgan fingerprint density at radius 1 is 1.04 bits per heavy atom. The second kappa shape index (κ2) is 7.61. The second-order valence-corrected chi connectivity index (χ2v) is 7.19.